The van der Waals surface area contributed by atoms with Crippen LogP contribution >= 0.6 is 0 Å². The summed E-state index contributed by atoms with van der Waals surface area (Å²) in [6, 6.07) is 0. The average Bonchev–Trinajstić information content (AvgIpc) is 3.19. The van der Waals surface area contributed by atoms with Gasteiger partial charge >= 0.3 is 11.9 Å². The maximum atomic E-state index is 12.8. The highest BCUT2D eigenvalue weighted by atomic mass is 16.7. The standard InChI is InChI=1S/C46H86O10/c1-3-5-7-9-11-13-15-17-19-20-21-23-25-27-29-31-33-35-42(49)55-39(38-54-46-45(52)44(51)43(50)40(36-47)56-46)37-53-41(48)34-32-30-28-26-24-22-18-16-14-12-10-8-6-4-2/h13,15,39-40,43-47,50-52H,3-12,14,16-38H2,1-2H3/b15-13+/t39-,40-,43+,44?,45?,46-/m1/s1. The molecule has 1 rings (SSSR count). The average molecular weight is 799 g/mol. The molecular formula is C46H86O10. The van der Waals surface area contributed by atoms with Gasteiger partial charge in [0.15, 0.2) is 12.4 Å². The molecule has 10 nitrogen and oxygen atoms in total. The molecule has 1 heterocycles. The number of rotatable bonds is 39. The summed E-state index contributed by atoms with van der Waals surface area (Å²) in [5.41, 5.74) is 0. The van der Waals surface area contributed by atoms with E-state index in [9.17, 15) is 30.0 Å². The van der Waals surface area contributed by atoms with E-state index in [1.165, 1.54) is 141 Å². The van der Waals surface area contributed by atoms with Crippen LogP contribution in [0.2, 0.25) is 0 Å². The first kappa shape index (κ1) is 52.5. The number of carbonyl (C=O) groups excluding carboxylic acids is 2. The summed E-state index contributed by atoms with van der Waals surface area (Å²) >= 11 is 0. The van der Waals surface area contributed by atoms with E-state index < -0.39 is 49.4 Å². The fraction of sp³-hybridized carbons (Fsp3) is 0.913. The molecule has 1 saturated heterocycles. The summed E-state index contributed by atoms with van der Waals surface area (Å²) in [4.78, 5) is 25.3. The zero-order valence-electron chi connectivity index (χ0n) is 35.9. The van der Waals surface area contributed by atoms with Crippen LogP contribution in [0, 0.1) is 0 Å². The van der Waals surface area contributed by atoms with Crippen LogP contribution in [-0.4, -0.2) is 89.0 Å². The van der Waals surface area contributed by atoms with Gasteiger partial charge in [-0.3, -0.25) is 9.59 Å². The lowest BCUT2D eigenvalue weighted by Gasteiger charge is -2.39. The highest BCUT2D eigenvalue weighted by molar-refractivity contribution is 5.70. The van der Waals surface area contributed by atoms with Gasteiger partial charge in [0.05, 0.1) is 13.2 Å². The number of allylic oxidation sites excluding steroid dienone is 2. The van der Waals surface area contributed by atoms with Crippen molar-refractivity contribution in [3.8, 4) is 0 Å². The van der Waals surface area contributed by atoms with Gasteiger partial charge in [-0.15, -0.1) is 0 Å². The third-order valence-electron chi connectivity index (χ3n) is 10.9. The van der Waals surface area contributed by atoms with E-state index in [1.807, 2.05) is 0 Å². The van der Waals surface area contributed by atoms with Crippen molar-refractivity contribution in [3.63, 3.8) is 0 Å². The van der Waals surface area contributed by atoms with Crippen LogP contribution < -0.4 is 0 Å². The Kier molecular flexibility index (Phi) is 35.3. The fourth-order valence-corrected chi connectivity index (χ4v) is 7.18. The smallest absolute Gasteiger partial charge is 0.306 e. The van der Waals surface area contributed by atoms with Gasteiger partial charge in [-0.2, -0.15) is 0 Å². The van der Waals surface area contributed by atoms with Crippen molar-refractivity contribution in [1.82, 2.24) is 0 Å². The van der Waals surface area contributed by atoms with E-state index in [1.54, 1.807) is 0 Å². The van der Waals surface area contributed by atoms with Crippen molar-refractivity contribution in [3.05, 3.63) is 12.2 Å². The SMILES string of the molecule is CCCCCC/C=C/CCCCCCCCCCCC(=O)O[C@H](COC(=O)CCCCCCCCCCCCCCCC)CO[C@@H]1O[C@H](CO)[C@H](O)C(O)C1O. The first-order valence-electron chi connectivity index (χ1n) is 23.3. The predicted octanol–water partition coefficient (Wildman–Crippen LogP) is 9.95. The normalized spacial score (nSPS) is 20.4. The highest BCUT2D eigenvalue weighted by Crippen LogP contribution is 2.23. The molecule has 330 valence electrons. The number of carbonyl (C=O) groups is 2. The molecular weight excluding hydrogens is 712 g/mol. The predicted molar refractivity (Wildman–Crippen MR) is 224 cm³/mol. The van der Waals surface area contributed by atoms with E-state index in [2.05, 4.69) is 26.0 Å². The van der Waals surface area contributed by atoms with Crippen LogP contribution in [0.4, 0.5) is 0 Å². The maximum absolute atomic E-state index is 12.8. The van der Waals surface area contributed by atoms with E-state index in [-0.39, 0.29) is 32.0 Å². The summed E-state index contributed by atoms with van der Waals surface area (Å²) in [5.74, 6) is -0.798. The first-order valence-corrected chi connectivity index (χ1v) is 23.3. The molecule has 0 aromatic rings. The second-order valence-corrected chi connectivity index (χ2v) is 16.2. The van der Waals surface area contributed by atoms with Gasteiger partial charge in [0, 0.05) is 12.8 Å². The molecule has 0 amide bonds. The van der Waals surface area contributed by atoms with Crippen LogP contribution in [0.3, 0.4) is 0 Å². The van der Waals surface area contributed by atoms with Gasteiger partial charge < -0.3 is 39.4 Å². The highest BCUT2D eigenvalue weighted by Gasteiger charge is 2.44. The lowest BCUT2D eigenvalue weighted by molar-refractivity contribution is -0.305. The number of unbranched alkanes of at least 4 members (excludes halogenated alkanes) is 26. The third-order valence-corrected chi connectivity index (χ3v) is 10.9. The Hall–Kier alpha value is -1.56. The van der Waals surface area contributed by atoms with Gasteiger partial charge in [0.25, 0.3) is 0 Å². The van der Waals surface area contributed by atoms with Gasteiger partial charge in [0.1, 0.15) is 31.0 Å². The van der Waals surface area contributed by atoms with Gasteiger partial charge in [-0.25, -0.2) is 0 Å². The van der Waals surface area contributed by atoms with Gasteiger partial charge in [-0.05, 0) is 38.5 Å². The minimum Gasteiger partial charge on any atom is -0.462 e. The maximum Gasteiger partial charge on any atom is 0.306 e. The molecule has 1 fully saturated rings. The molecule has 4 N–H and O–H groups in total. The topological polar surface area (TPSA) is 152 Å². The Morgan fingerprint density at radius 3 is 1.41 bits per heavy atom. The van der Waals surface area contributed by atoms with Crippen LogP contribution in [0.15, 0.2) is 12.2 Å². The summed E-state index contributed by atoms with van der Waals surface area (Å²) in [5, 5.41) is 40.1. The Labute approximate surface area is 341 Å². The Balaban J connectivity index is 2.30. The molecule has 1 aliphatic rings. The number of aliphatic hydroxyl groups excluding tert-OH is 4. The summed E-state index contributed by atoms with van der Waals surface area (Å²) in [6.07, 6.45) is 32.1. The van der Waals surface area contributed by atoms with E-state index in [0.717, 1.165) is 38.5 Å². The van der Waals surface area contributed by atoms with Crippen molar-refractivity contribution in [2.45, 2.75) is 250 Å². The molecule has 0 aliphatic carbocycles. The first-order chi connectivity index (χ1) is 27.3. The number of aliphatic hydroxyl groups is 4. The van der Waals surface area contributed by atoms with Crippen molar-refractivity contribution < 1.29 is 49.0 Å². The second kappa shape index (κ2) is 37.7. The zero-order chi connectivity index (χ0) is 40.9. The molecule has 2 unspecified atom stereocenters. The van der Waals surface area contributed by atoms with Crippen LogP contribution in [-0.2, 0) is 28.5 Å². The van der Waals surface area contributed by atoms with Crippen molar-refractivity contribution in [1.29, 1.82) is 0 Å². The zero-order valence-corrected chi connectivity index (χ0v) is 35.9. The summed E-state index contributed by atoms with van der Waals surface area (Å²) in [7, 11) is 0. The quantitative estimate of drug-likeness (QED) is 0.0269. The molecule has 0 saturated carbocycles. The molecule has 0 aromatic carbocycles. The van der Waals surface area contributed by atoms with E-state index >= 15 is 0 Å². The molecule has 0 radical (unpaired) electrons. The summed E-state index contributed by atoms with van der Waals surface area (Å²) in [6.45, 7) is 3.43. The largest absolute Gasteiger partial charge is 0.462 e. The number of ether oxygens (including phenoxy) is 4. The summed E-state index contributed by atoms with van der Waals surface area (Å²) < 4.78 is 22.2. The molecule has 0 bridgehead atoms. The van der Waals surface area contributed by atoms with Gasteiger partial charge in [-0.1, -0.05) is 174 Å². The van der Waals surface area contributed by atoms with E-state index in [4.69, 9.17) is 18.9 Å². The van der Waals surface area contributed by atoms with E-state index in [0.29, 0.717) is 6.42 Å². The Morgan fingerprint density at radius 2 is 0.946 bits per heavy atom. The second-order valence-electron chi connectivity index (χ2n) is 16.2. The molecule has 0 spiro atoms. The van der Waals surface area contributed by atoms with Crippen molar-refractivity contribution in [2.24, 2.45) is 0 Å². The Morgan fingerprint density at radius 1 is 0.536 bits per heavy atom. The van der Waals surface area contributed by atoms with Crippen LogP contribution in [0.1, 0.15) is 213 Å². The molecule has 56 heavy (non-hydrogen) atoms. The Bertz CT molecular complexity index is 928. The molecule has 10 heteroatoms. The number of hydrogen-bond donors (Lipinski definition) is 4. The van der Waals surface area contributed by atoms with Gasteiger partial charge in [0.2, 0.25) is 0 Å². The lowest BCUT2D eigenvalue weighted by Crippen LogP contribution is -2.59. The lowest BCUT2D eigenvalue weighted by atomic mass is 9.99. The molecule has 1 aliphatic heterocycles. The fourth-order valence-electron chi connectivity index (χ4n) is 7.18. The van der Waals surface area contributed by atoms with Crippen LogP contribution in [0.5, 0.6) is 0 Å². The van der Waals surface area contributed by atoms with Crippen LogP contribution in [0.25, 0.3) is 0 Å². The van der Waals surface area contributed by atoms with Crippen molar-refractivity contribution >= 4 is 11.9 Å². The third kappa shape index (κ3) is 28.8. The molecule has 6 atom stereocenters. The van der Waals surface area contributed by atoms with Crippen molar-refractivity contribution in [2.75, 3.05) is 19.8 Å². The number of hydrogen-bond acceptors (Lipinski definition) is 10. The minimum absolute atomic E-state index is 0.212. The molecule has 0 aromatic heterocycles. The monoisotopic (exact) mass is 799 g/mol. The minimum atomic E-state index is -1.59. The number of esters is 2.